The van der Waals surface area contributed by atoms with Gasteiger partial charge in [0.05, 0.1) is 77.7 Å². The van der Waals surface area contributed by atoms with Gasteiger partial charge in [0.15, 0.2) is 0 Å². The van der Waals surface area contributed by atoms with Crippen LogP contribution >= 0.6 is 46.4 Å². The number of anilines is 5. The highest BCUT2D eigenvalue weighted by molar-refractivity contribution is 6.39. The number of ether oxygens (including phenoxy) is 4. The van der Waals surface area contributed by atoms with Gasteiger partial charge in [0.2, 0.25) is 11.8 Å². The normalized spacial score (nSPS) is 13.8. The number of nitrogens with two attached hydrogens (primary N) is 1. The van der Waals surface area contributed by atoms with E-state index in [9.17, 15) is 19.7 Å². The van der Waals surface area contributed by atoms with Crippen molar-refractivity contribution in [2.75, 3.05) is 133 Å². The number of halogens is 4. The Kier molecular flexibility index (Phi) is 21.2. The van der Waals surface area contributed by atoms with Gasteiger partial charge in [0.1, 0.15) is 47.3 Å². The number of nitro groups is 1. The smallest absolute Gasteiger partial charge is 0.275 e. The fourth-order valence-electron chi connectivity index (χ4n) is 9.35. The van der Waals surface area contributed by atoms with Crippen LogP contribution in [0.15, 0.2) is 73.3 Å². The van der Waals surface area contributed by atoms with Gasteiger partial charge in [-0.15, -0.1) is 0 Å². The van der Waals surface area contributed by atoms with Gasteiger partial charge in [-0.05, 0) is 42.9 Å². The molecule has 0 radical (unpaired) electrons. The molecular weight excluding hydrogens is 1110 g/mol. The van der Waals surface area contributed by atoms with Gasteiger partial charge in [-0.2, -0.15) is 0 Å². The maximum atomic E-state index is 13.2. The molecule has 80 heavy (non-hydrogen) atoms. The van der Waals surface area contributed by atoms with Crippen LogP contribution in [-0.4, -0.2) is 154 Å². The van der Waals surface area contributed by atoms with Crippen LogP contribution in [0.1, 0.15) is 47.5 Å². The lowest BCUT2D eigenvalue weighted by molar-refractivity contribution is -0.385. The zero-order chi connectivity index (χ0) is 57.8. The van der Waals surface area contributed by atoms with Crippen LogP contribution in [0.4, 0.5) is 34.4 Å². The zero-order valence-electron chi connectivity index (χ0n) is 46.1. The van der Waals surface area contributed by atoms with E-state index in [2.05, 4.69) is 59.4 Å². The Morgan fingerprint density at radius 1 is 0.575 bits per heavy atom. The molecule has 2 N–H and O–H groups in total. The minimum Gasteiger partial charge on any atom is -0.495 e. The van der Waals surface area contributed by atoms with Crippen molar-refractivity contribution in [1.82, 2.24) is 29.7 Å². The number of nitrogens with zero attached hydrogens (tertiary/aromatic N) is 11. The molecule has 0 spiro atoms. The van der Waals surface area contributed by atoms with Gasteiger partial charge in [0.25, 0.3) is 5.69 Å². The van der Waals surface area contributed by atoms with Crippen molar-refractivity contribution in [2.24, 2.45) is 0 Å². The minimum atomic E-state index is -0.366. The number of benzene rings is 4. The summed E-state index contributed by atoms with van der Waals surface area (Å²) in [6.07, 6.45) is 3.28. The first-order valence-electron chi connectivity index (χ1n) is 25.8. The zero-order valence-corrected chi connectivity index (χ0v) is 49.1. The average molecular weight is 1180 g/mol. The molecule has 8 rings (SSSR count). The molecule has 24 heteroatoms. The first-order valence-corrected chi connectivity index (χ1v) is 27.4. The van der Waals surface area contributed by atoms with Gasteiger partial charge in [0, 0.05) is 143 Å². The summed E-state index contributed by atoms with van der Waals surface area (Å²) < 4.78 is 21.2. The molecule has 0 aliphatic carbocycles. The standard InChI is InChI=1S/C28H32Cl2N6O5.C28H34Cl2N6O3/c1-5-34-8-10-35(11-9-34)20-7-6-18(22(14-20)36(38)39)12-19-13-25(32-17-31-19)33(2)26(37)15-21-27(29)23(40-3)16-24(41-4)28(21)30;1-5-35-8-10-36(11-9-35)20-7-6-18(22(31)14-20)12-19-13-25(33-17-32-19)34(2)26(37)15-21-27(29)23(38-3)16-24(39-4)28(21)30/h6-7,13-14,16-17H,5,8-12,15H2,1-4H3;6-7,13-14,16-17H,5,8-12,15,31H2,1-4H3. The molecule has 2 amide bonds. The molecule has 2 saturated heterocycles. The van der Waals surface area contributed by atoms with E-state index < -0.39 is 0 Å². The molecule has 20 nitrogen and oxygen atoms in total. The fourth-order valence-corrected chi connectivity index (χ4v) is 10.6. The quantitative estimate of drug-likeness (QED) is 0.0455. The Bertz CT molecular complexity index is 3120. The monoisotopic (exact) mass is 1170 g/mol. The second-order valence-corrected chi connectivity index (χ2v) is 20.4. The maximum absolute atomic E-state index is 13.2. The average Bonchev–Trinajstić information content (AvgIpc) is 3.52. The molecule has 2 aromatic heterocycles. The number of carbonyl (C=O) groups excluding carboxylic acids is 2. The van der Waals surface area contributed by atoms with Crippen LogP contribution in [0.25, 0.3) is 0 Å². The number of nitrogen functional groups attached to an aromatic ring is 1. The van der Waals surface area contributed by atoms with Crippen LogP contribution in [-0.2, 0) is 35.3 Å². The number of likely N-dealkylation sites (N-methyl/N-ethyl adjacent to an activating group) is 4. The Hall–Kier alpha value is -6.94. The predicted octanol–water partition coefficient (Wildman–Crippen LogP) is 8.97. The lowest BCUT2D eigenvalue weighted by Crippen LogP contribution is -2.46. The number of aromatic nitrogens is 4. The van der Waals surface area contributed by atoms with Crippen molar-refractivity contribution < 1.29 is 33.5 Å². The molecule has 426 valence electrons. The van der Waals surface area contributed by atoms with E-state index in [0.717, 1.165) is 88.1 Å². The second kappa shape index (κ2) is 28.0. The largest absolute Gasteiger partial charge is 0.495 e. The van der Waals surface area contributed by atoms with Crippen LogP contribution in [0.5, 0.6) is 23.0 Å². The summed E-state index contributed by atoms with van der Waals surface area (Å²) in [5.41, 5.74) is 12.7. The van der Waals surface area contributed by atoms with Crippen molar-refractivity contribution >= 4 is 92.6 Å². The minimum absolute atomic E-state index is 0.0290. The number of rotatable bonds is 19. The Morgan fingerprint density at radius 2 is 0.950 bits per heavy atom. The molecule has 0 atom stereocenters. The van der Waals surface area contributed by atoms with Crippen molar-refractivity contribution in [3.05, 3.63) is 137 Å². The lowest BCUT2D eigenvalue weighted by Gasteiger charge is -2.35. The number of piperazine rings is 2. The molecule has 2 aliphatic heterocycles. The van der Waals surface area contributed by atoms with Gasteiger partial charge in [-0.1, -0.05) is 66.3 Å². The van der Waals surface area contributed by atoms with Gasteiger partial charge in [-0.25, -0.2) is 19.9 Å². The number of amides is 2. The molecule has 0 unspecified atom stereocenters. The van der Waals surface area contributed by atoms with E-state index in [0.29, 0.717) is 69.1 Å². The SMILES string of the molecule is CCN1CCN(c2ccc(Cc3cc(N(C)C(=O)Cc4c(Cl)c(OC)cc(OC)c4Cl)ncn3)c(N)c2)CC1.CCN1CCN(c2ccc(Cc3cc(N(C)C(=O)Cc4c(Cl)c(OC)cc(OC)c4Cl)ncn3)c([N+](=O)[O-])c2)CC1. The summed E-state index contributed by atoms with van der Waals surface area (Å²) in [4.78, 5) is 67.4. The first kappa shape index (κ1) is 60.7. The third-order valence-electron chi connectivity index (χ3n) is 14.3. The van der Waals surface area contributed by atoms with Crippen LogP contribution in [0.3, 0.4) is 0 Å². The number of methoxy groups -OCH3 is 4. The number of carbonyl (C=O) groups is 2. The van der Waals surface area contributed by atoms with E-state index in [1.165, 1.54) is 50.9 Å². The van der Waals surface area contributed by atoms with Crippen molar-refractivity contribution in [3.8, 4) is 23.0 Å². The lowest BCUT2D eigenvalue weighted by atomic mass is 10.1. The summed E-state index contributed by atoms with van der Waals surface area (Å²) >= 11 is 25.8. The molecule has 6 aromatic rings. The van der Waals surface area contributed by atoms with Crippen LogP contribution < -0.4 is 44.3 Å². The van der Waals surface area contributed by atoms with Crippen LogP contribution in [0.2, 0.25) is 20.1 Å². The summed E-state index contributed by atoms with van der Waals surface area (Å²) in [7, 11) is 9.11. The first-order chi connectivity index (χ1) is 38.4. The predicted molar refractivity (Wildman–Crippen MR) is 316 cm³/mol. The highest BCUT2D eigenvalue weighted by atomic mass is 35.5. The summed E-state index contributed by atoms with van der Waals surface area (Å²) in [6, 6.07) is 18.1. The Balaban J connectivity index is 0.000000231. The Labute approximate surface area is 486 Å². The van der Waals surface area contributed by atoms with E-state index in [-0.39, 0.29) is 61.8 Å². The van der Waals surface area contributed by atoms with E-state index >= 15 is 0 Å². The van der Waals surface area contributed by atoms with Crippen LogP contribution in [0, 0.1) is 10.1 Å². The van der Waals surface area contributed by atoms with Gasteiger partial charge < -0.3 is 44.3 Å². The highest BCUT2D eigenvalue weighted by Gasteiger charge is 2.26. The third kappa shape index (κ3) is 14.5. The van der Waals surface area contributed by atoms with E-state index in [1.807, 2.05) is 18.2 Å². The fraction of sp³-hybridized carbons (Fsp3) is 0.393. The number of hydrogen-bond donors (Lipinski definition) is 1. The summed E-state index contributed by atoms with van der Waals surface area (Å²) in [5, 5.41) is 12.9. The van der Waals surface area contributed by atoms with E-state index in [4.69, 9.17) is 71.1 Å². The topological polar surface area (TPSA) is 211 Å². The van der Waals surface area contributed by atoms with E-state index in [1.54, 1.807) is 50.5 Å². The summed E-state index contributed by atoms with van der Waals surface area (Å²) in [6.45, 7) is 14.0. The van der Waals surface area contributed by atoms with Gasteiger partial charge in [-0.3, -0.25) is 29.5 Å². The summed E-state index contributed by atoms with van der Waals surface area (Å²) in [5.74, 6) is 1.60. The number of hydrogen-bond acceptors (Lipinski definition) is 17. The van der Waals surface area contributed by atoms with Gasteiger partial charge >= 0.3 is 0 Å². The molecule has 0 bridgehead atoms. The van der Waals surface area contributed by atoms with Crippen molar-refractivity contribution in [1.29, 1.82) is 0 Å². The number of nitro benzene ring substituents is 1. The molecule has 2 aliphatic rings. The van der Waals surface area contributed by atoms with Crippen molar-refractivity contribution in [3.63, 3.8) is 0 Å². The van der Waals surface area contributed by atoms with Crippen molar-refractivity contribution in [2.45, 2.75) is 39.5 Å². The molecule has 2 fully saturated rings. The highest BCUT2D eigenvalue weighted by Crippen LogP contribution is 2.42. The molecule has 0 saturated carbocycles. The Morgan fingerprint density at radius 3 is 1.31 bits per heavy atom. The second-order valence-electron chi connectivity index (χ2n) is 18.9. The third-order valence-corrected chi connectivity index (χ3v) is 16.0. The molecule has 4 heterocycles. The maximum Gasteiger partial charge on any atom is 0.275 e. The molecule has 4 aromatic carbocycles. The molecular formula is C56H66Cl4N12O8.